The molecule has 2 aromatic rings. The molecule has 1 N–H and O–H groups in total. The molecule has 1 aromatic carbocycles. The SMILES string of the molecule is C=C1CCCC1C(NC)C(=O)N1CCC(N2CCN(c3ccc(F)cc3C(=O)N(CC)C(C)C)c3cncnc32)C1. The van der Waals surface area contributed by atoms with Crippen molar-refractivity contribution in [2.45, 2.75) is 64.6 Å². The zero-order chi connectivity index (χ0) is 29.3. The van der Waals surface area contributed by atoms with Crippen molar-refractivity contribution in [3.8, 4) is 0 Å². The molecule has 0 bridgehead atoms. The van der Waals surface area contributed by atoms with Gasteiger partial charge in [-0.2, -0.15) is 0 Å². The molecule has 1 aliphatic carbocycles. The first-order chi connectivity index (χ1) is 19.7. The van der Waals surface area contributed by atoms with Gasteiger partial charge in [0, 0.05) is 50.7 Å². The molecule has 0 radical (unpaired) electrons. The summed E-state index contributed by atoms with van der Waals surface area (Å²) in [5.41, 5.74) is 2.91. The topological polar surface area (TPSA) is 84.9 Å². The second-order valence-electron chi connectivity index (χ2n) is 11.6. The Kier molecular flexibility index (Phi) is 8.58. The van der Waals surface area contributed by atoms with Crippen molar-refractivity contribution in [1.29, 1.82) is 0 Å². The van der Waals surface area contributed by atoms with Crippen LogP contribution in [0, 0.1) is 11.7 Å². The highest BCUT2D eigenvalue weighted by atomic mass is 19.1. The average molecular weight is 564 g/mol. The molecule has 10 heteroatoms. The fourth-order valence-electron chi connectivity index (χ4n) is 6.81. The van der Waals surface area contributed by atoms with Gasteiger partial charge in [0.2, 0.25) is 5.91 Å². The fraction of sp³-hybridized carbons (Fsp3) is 0.548. The van der Waals surface area contributed by atoms with Crippen LogP contribution < -0.4 is 15.1 Å². The van der Waals surface area contributed by atoms with E-state index in [1.165, 1.54) is 24.0 Å². The number of hydrogen-bond donors (Lipinski definition) is 1. The Morgan fingerprint density at radius 3 is 2.68 bits per heavy atom. The van der Waals surface area contributed by atoms with Crippen molar-refractivity contribution in [2.75, 3.05) is 49.6 Å². The minimum atomic E-state index is -0.447. The Morgan fingerprint density at radius 1 is 1.20 bits per heavy atom. The summed E-state index contributed by atoms with van der Waals surface area (Å²) in [6, 6.07) is 4.26. The van der Waals surface area contributed by atoms with Crippen LogP contribution in [0.3, 0.4) is 0 Å². The molecule has 1 aromatic heterocycles. The molecule has 2 amide bonds. The van der Waals surface area contributed by atoms with Gasteiger partial charge in [-0.05, 0) is 71.7 Å². The maximum Gasteiger partial charge on any atom is 0.256 e. The zero-order valence-corrected chi connectivity index (χ0v) is 24.6. The highest BCUT2D eigenvalue weighted by Gasteiger charge is 2.40. The zero-order valence-electron chi connectivity index (χ0n) is 24.6. The first kappa shape index (κ1) is 29.0. The third-order valence-corrected chi connectivity index (χ3v) is 8.94. The van der Waals surface area contributed by atoms with Crippen LogP contribution in [0.25, 0.3) is 0 Å². The minimum Gasteiger partial charge on any atom is -0.348 e. The number of hydrogen-bond acceptors (Lipinski definition) is 7. The summed E-state index contributed by atoms with van der Waals surface area (Å²) in [7, 11) is 1.86. The normalized spacial score (nSPS) is 21.4. The van der Waals surface area contributed by atoms with Gasteiger partial charge in [0.05, 0.1) is 23.5 Å². The maximum atomic E-state index is 14.4. The van der Waals surface area contributed by atoms with E-state index in [0.717, 1.165) is 37.2 Å². The van der Waals surface area contributed by atoms with E-state index in [4.69, 9.17) is 0 Å². The summed E-state index contributed by atoms with van der Waals surface area (Å²) in [6.07, 6.45) is 7.22. The maximum absolute atomic E-state index is 14.4. The van der Waals surface area contributed by atoms with Crippen molar-refractivity contribution >= 4 is 29.0 Å². The standard InChI is InChI=1S/C31H42FN7O2/c1-6-37(20(2)3)30(40)25-16-22(32)10-11-26(25)39-15-14-38(29-27(39)17-34-19-35-29)23-12-13-36(18-23)31(41)28(33-5)24-9-7-8-21(24)4/h10-11,16-17,19-20,23-24,28,33H,4,6-9,12-15,18H2,1-3,5H3. The molecule has 3 aliphatic rings. The molecular formula is C31H42FN7O2. The van der Waals surface area contributed by atoms with Gasteiger partial charge in [-0.3, -0.25) is 9.59 Å². The van der Waals surface area contributed by atoms with Gasteiger partial charge in [-0.25, -0.2) is 14.4 Å². The summed E-state index contributed by atoms with van der Waals surface area (Å²) in [5, 5.41) is 3.27. The number of halogens is 1. The van der Waals surface area contributed by atoms with Crippen LogP contribution in [-0.4, -0.2) is 89.5 Å². The predicted molar refractivity (Wildman–Crippen MR) is 159 cm³/mol. The Bertz CT molecular complexity index is 1300. The van der Waals surface area contributed by atoms with Crippen molar-refractivity contribution in [3.05, 3.63) is 54.3 Å². The number of fused-ring (bicyclic) bond motifs is 1. The third kappa shape index (κ3) is 5.54. The van der Waals surface area contributed by atoms with E-state index < -0.39 is 5.82 Å². The van der Waals surface area contributed by atoms with Crippen molar-refractivity contribution in [3.63, 3.8) is 0 Å². The first-order valence-corrected chi connectivity index (χ1v) is 14.8. The number of nitrogens with zero attached hydrogens (tertiary/aromatic N) is 6. The molecule has 220 valence electrons. The highest BCUT2D eigenvalue weighted by Crippen LogP contribution is 2.40. The molecule has 3 unspecified atom stereocenters. The number of amides is 2. The summed E-state index contributed by atoms with van der Waals surface area (Å²) in [5.74, 6) is 0.447. The van der Waals surface area contributed by atoms with Gasteiger partial charge in [-0.1, -0.05) is 12.2 Å². The number of benzene rings is 1. The van der Waals surface area contributed by atoms with E-state index in [2.05, 4.69) is 26.8 Å². The smallest absolute Gasteiger partial charge is 0.256 e. The molecule has 41 heavy (non-hydrogen) atoms. The van der Waals surface area contributed by atoms with Gasteiger partial charge in [0.25, 0.3) is 5.91 Å². The van der Waals surface area contributed by atoms with Gasteiger partial charge >= 0.3 is 0 Å². The quantitative estimate of drug-likeness (QED) is 0.486. The molecule has 1 saturated carbocycles. The van der Waals surface area contributed by atoms with Crippen LogP contribution in [0.15, 0.2) is 42.9 Å². The number of nitrogens with one attached hydrogen (secondary N) is 1. The van der Waals surface area contributed by atoms with Crippen LogP contribution >= 0.6 is 0 Å². The number of aromatic nitrogens is 2. The second kappa shape index (κ2) is 12.1. The van der Waals surface area contributed by atoms with Crippen LogP contribution in [0.2, 0.25) is 0 Å². The van der Waals surface area contributed by atoms with E-state index in [9.17, 15) is 14.0 Å². The van der Waals surface area contributed by atoms with E-state index >= 15 is 0 Å². The Hall–Kier alpha value is -3.53. The van der Waals surface area contributed by atoms with Crippen molar-refractivity contribution in [2.24, 2.45) is 5.92 Å². The summed E-state index contributed by atoms with van der Waals surface area (Å²) >= 11 is 0. The molecule has 0 spiro atoms. The van der Waals surface area contributed by atoms with E-state index in [1.807, 2.05) is 37.6 Å². The van der Waals surface area contributed by atoms with Crippen LogP contribution in [-0.2, 0) is 4.79 Å². The molecule has 5 rings (SSSR count). The number of carbonyl (C=O) groups is 2. The van der Waals surface area contributed by atoms with Crippen molar-refractivity contribution < 1.29 is 14.0 Å². The summed E-state index contributed by atoms with van der Waals surface area (Å²) < 4.78 is 14.4. The molecule has 1 saturated heterocycles. The average Bonchev–Trinajstić information content (AvgIpc) is 3.63. The number of likely N-dealkylation sites (tertiary alicyclic amines) is 1. The molecule has 2 aliphatic heterocycles. The second-order valence-corrected chi connectivity index (χ2v) is 11.6. The highest BCUT2D eigenvalue weighted by molar-refractivity contribution is 6.01. The summed E-state index contributed by atoms with van der Waals surface area (Å²) in [4.78, 5) is 44.1. The lowest BCUT2D eigenvalue weighted by Crippen LogP contribution is -2.50. The van der Waals surface area contributed by atoms with E-state index in [0.29, 0.717) is 44.0 Å². The lowest BCUT2D eigenvalue weighted by molar-refractivity contribution is -0.133. The molecular weight excluding hydrogens is 521 g/mol. The van der Waals surface area contributed by atoms with Crippen LogP contribution in [0.1, 0.15) is 56.8 Å². The van der Waals surface area contributed by atoms with Crippen LogP contribution in [0.5, 0.6) is 0 Å². The van der Waals surface area contributed by atoms with Crippen molar-refractivity contribution in [1.82, 2.24) is 25.1 Å². The van der Waals surface area contributed by atoms with Gasteiger partial charge in [-0.15, -0.1) is 0 Å². The number of carbonyl (C=O) groups excluding carboxylic acids is 2. The lowest BCUT2D eigenvalue weighted by Gasteiger charge is -2.41. The first-order valence-electron chi connectivity index (χ1n) is 14.8. The number of anilines is 3. The fourth-order valence-corrected chi connectivity index (χ4v) is 6.81. The van der Waals surface area contributed by atoms with E-state index in [1.54, 1.807) is 17.2 Å². The Morgan fingerprint density at radius 2 is 2.00 bits per heavy atom. The molecule has 3 atom stereocenters. The van der Waals surface area contributed by atoms with Crippen LogP contribution in [0.4, 0.5) is 21.6 Å². The lowest BCUT2D eigenvalue weighted by atomic mass is 9.94. The monoisotopic (exact) mass is 563 g/mol. The summed E-state index contributed by atoms with van der Waals surface area (Å²) in [6.45, 7) is 13.1. The van der Waals surface area contributed by atoms with Gasteiger partial charge < -0.3 is 24.9 Å². The minimum absolute atomic E-state index is 0.0154. The number of likely N-dealkylation sites (N-methyl/N-ethyl adjacent to an activating group) is 1. The van der Waals surface area contributed by atoms with Gasteiger partial charge in [0.15, 0.2) is 5.82 Å². The number of rotatable bonds is 8. The molecule has 3 heterocycles. The molecule has 9 nitrogen and oxygen atoms in total. The van der Waals surface area contributed by atoms with E-state index in [-0.39, 0.29) is 35.9 Å². The largest absolute Gasteiger partial charge is 0.348 e. The Labute approximate surface area is 242 Å². The Balaban J connectivity index is 1.39. The van der Waals surface area contributed by atoms with Gasteiger partial charge in [0.1, 0.15) is 17.8 Å². The predicted octanol–water partition coefficient (Wildman–Crippen LogP) is 3.99. The molecule has 2 fully saturated rings. The third-order valence-electron chi connectivity index (χ3n) is 8.94.